The Hall–Kier alpha value is -1.06. The van der Waals surface area contributed by atoms with Gasteiger partial charge in [0.15, 0.2) is 0 Å². The van der Waals surface area contributed by atoms with Crippen molar-refractivity contribution in [3.63, 3.8) is 0 Å². The molecule has 116 valence electrons. The molecule has 2 amide bonds. The molecule has 1 fully saturated rings. The van der Waals surface area contributed by atoms with E-state index in [0.717, 1.165) is 6.42 Å². The van der Waals surface area contributed by atoms with Crippen molar-refractivity contribution in [2.24, 2.45) is 17.8 Å². The Labute approximate surface area is 123 Å². The maximum atomic E-state index is 12.8. The predicted molar refractivity (Wildman–Crippen MR) is 81.2 cm³/mol. The predicted octanol–water partition coefficient (Wildman–Crippen LogP) is 2.43. The minimum Gasteiger partial charge on any atom is -0.342 e. The fourth-order valence-electron chi connectivity index (χ4n) is 2.74. The summed E-state index contributed by atoms with van der Waals surface area (Å²) in [6, 6.07) is -0.642. The molecule has 1 aliphatic heterocycles. The van der Waals surface area contributed by atoms with Crippen LogP contribution in [0.2, 0.25) is 0 Å². The van der Waals surface area contributed by atoms with Crippen LogP contribution in [0, 0.1) is 17.8 Å². The van der Waals surface area contributed by atoms with Crippen molar-refractivity contribution in [2.45, 2.75) is 73.0 Å². The summed E-state index contributed by atoms with van der Waals surface area (Å²) < 4.78 is 0. The van der Waals surface area contributed by atoms with Crippen molar-refractivity contribution >= 4 is 11.8 Å². The first-order valence-electron chi connectivity index (χ1n) is 7.84. The van der Waals surface area contributed by atoms with E-state index < -0.39 is 0 Å². The molecule has 0 aromatic carbocycles. The van der Waals surface area contributed by atoms with Gasteiger partial charge in [0, 0.05) is 6.04 Å². The Morgan fingerprint density at radius 3 is 2.05 bits per heavy atom. The average Bonchev–Trinajstić information content (AvgIpc) is 2.38. The molecule has 4 atom stereocenters. The third-order valence-electron chi connectivity index (χ3n) is 4.63. The lowest BCUT2D eigenvalue weighted by Gasteiger charge is -2.46. The summed E-state index contributed by atoms with van der Waals surface area (Å²) in [4.78, 5) is 27.1. The van der Waals surface area contributed by atoms with E-state index >= 15 is 0 Å². The van der Waals surface area contributed by atoms with Crippen molar-refractivity contribution in [1.29, 1.82) is 0 Å². The number of carbonyl (C=O) groups excluding carboxylic acids is 2. The lowest BCUT2D eigenvalue weighted by atomic mass is 9.88. The molecule has 1 N–H and O–H groups in total. The Kier molecular flexibility index (Phi) is 5.60. The van der Waals surface area contributed by atoms with E-state index in [1.54, 1.807) is 0 Å². The van der Waals surface area contributed by atoms with Gasteiger partial charge in [-0.3, -0.25) is 9.59 Å². The first-order chi connectivity index (χ1) is 9.22. The van der Waals surface area contributed by atoms with Gasteiger partial charge in [-0.05, 0) is 24.7 Å². The van der Waals surface area contributed by atoms with E-state index in [4.69, 9.17) is 0 Å². The molecule has 4 unspecified atom stereocenters. The van der Waals surface area contributed by atoms with Crippen LogP contribution in [0.5, 0.6) is 0 Å². The molecule has 0 aromatic rings. The number of nitrogens with zero attached hydrogens (tertiary/aromatic N) is 1. The van der Waals surface area contributed by atoms with Gasteiger partial charge in [-0.1, -0.05) is 48.0 Å². The molecule has 4 heteroatoms. The van der Waals surface area contributed by atoms with Crippen molar-refractivity contribution in [3.8, 4) is 0 Å². The van der Waals surface area contributed by atoms with Crippen LogP contribution < -0.4 is 5.32 Å². The summed E-state index contributed by atoms with van der Waals surface area (Å²) in [5.41, 5.74) is 0. The zero-order valence-corrected chi connectivity index (χ0v) is 13.9. The summed E-state index contributed by atoms with van der Waals surface area (Å²) in [6.07, 6.45) is 0.882. The lowest BCUT2D eigenvalue weighted by molar-refractivity contribution is -0.156. The molecule has 0 saturated carbocycles. The normalized spacial score (nSPS) is 26.9. The van der Waals surface area contributed by atoms with Gasteiger partial charge in [0.2, 0.25) is 11.8 Å². The van der Waals surface area contributed by atoms with Crippen LogP contribution >= 0.6 is 0 Å². The quantitative estimate of drug-likeness (QED) is 0.842. The molecule has 20 heavy (non-hydrogen) atoms. The van der Waals surface area contributed by atoms with Gasteiger partial charge in [-0.2, -0.15) is 0 Å². The Morgan fingerprint density at radius 1 is 1.10 bits per heavy atom. The van der Waals surface area contributed by atoms with Crippen LogP contribution in [0.15, 0.2) is 0 Å². The van der Waals surface area contributed by atoms with Crippen LogP contribution in [0.1, 0.15) is 54.9 Å². The molecule has 1 aliphatic rings. The molecule has 0 spiro atoms. The zero-order valence-electron chi connectivity index (χ0n) is 13.9. The van der Waals surface area contributed by atoms with E-state index in [9.17, 15) is 9.59 Å². The van der Waals surface area contributed by atoms with Crippen molar-refractivity contribution in [1.82, 2.24) is 10.2 Å². The largest absolute Gasteiger partial charge is 0.342 e. The van der Waals surface area contributed by atoms with Gasteiger partial charge in [0.1, 0.15) is 12.1 Å². The number of hydrogen-bond donors (Lipinski definition) is 1. The van der Waals surface area contributed by atoms with Gasteiger partial charge >= 0.3 is 0 Å². The van der Waals surface area contributed by atoms with Gasteiger partial charge in [-0.15, -0.1) is 0 Å². The van der Waals surface area contributed by atoms with Crippen molar-refractivity contribution < 1.29 is 9.59 Å². The Bertz CT molecular complexity index is 365. The van der Waals surface area contributed by atoms with Crippen LogP contribution in [-0.4, -0.2) is 34.8 Å². The topological polar surface area (TPSA) is 49.4 Å². The van der Waals surface area contributed by atoms with E-state index in [1.807, 2.05) is 32.6 Å². The van der Waals surface area contributed by atoms with Gasteiger partial charge in [0.05, 0.1) is 0 Å². The number of nitrogens with one attached hydrogen (secondary N) is 1. The number of piperazine rings is 1. The van der Waals surface area contributed by atoms with E-state index in [0.29, 0.717) is 5.92 Å². The van der Waals surface area contributed by atoms with E-state index in [2.05, 4.69) is 26.1 Å². The number of carbonyl (C=O) groups is 2. The molecule has 0 aliphatic carbocycles. The molecule has 0 bridgehead atoms. The summed E-state index contributed by atoms with van der Waals surface area (Å²) in [7, 11) is 0. The minimum absolute atomic E-state index is 0.00241. The zero-order chi connectivity index (χ0) is 15.6. The van der Waals surface area contributed by atoms with Gasteiger partial charge in [0.25, 0.3) is 0 Å². The fraction of sp³-hybridized carbons (Fsp3) is 0.875. The summed E-state index contributed by atoms with van der Waals surface area (Å²) in [5.74, 6) is 0.708. The Balaban J connectivity index is 3.14. The fourth-order valence-corrected chi connectivity index (χ4v) is 2.74. The highest BCUT2D eigenvalue weighted by Gasteiger charge is 2.45. The lowest BCUT2D eigenvalue weighted by Crippen LogP contribution is -2.68. The van der Waals surface area contributed by atoms with Crippen LogP contribution in [-0.2, 0) is 9.59 Å². The third-order valence-corrected chi connectivity index (χ3v) is 4.63. The second-order valence-electron chi connectivity index (χ2n) is 6.79. The summed E-state index contributed by atoms with van der Waals surface area (Å²) in [5, 5.41) is 2.94. The molecule has 1 saturated heterocycles. The van der Waals surface area contributed by atoms with Crippen molar-refractivity contribution in [3.05, 3.63) is 0 Å². The van der Waals surface area contributed by atoms with Crippen LogP contribution in [0.4, 0.5) is 0 Å². The molecule has 0 radical (unpaired) electrons. The molecule has 1 rings (SSSR count). The molecular weight excluding hydrogens is 252 g/mol. The molecular formula is C16H30N2O2. The first kappa shape index (κ1) is 17.0. The maximum absolute atomic E-state index is 12.8. The second kappa shape index (κ2) is 6.59. The second-order valence-corrected chi connectivity index (χ2v) is 6.79. The smallest absolute Gasteiger partial charge is 0.246 e. The highest BCUT2D eigenvalue weighted by molar-refractivity contribution is 5.97. The van der Waals surface area contributed by atoms with E-state index in [1.165, 1.54) is 0 Å². The number of amides is 2. The van der Waals surface area contributed by atoms with Crippen LogP contribution in [0.25, 0.3) is 0 Å². The third kappa shape index (κ3) is 3.15. The minimum atomic E-state index is -0.372. The first-order valence-corrected chi connectivity index (χ1v) is 7.84. The van der Waals surface area contributed by atoms with E-state index in [-0.39, 0.29) is 41.8 Å². The van der Waals surface area contributed by atoms with Gasteiger partial charge < -0.3 is 10.2 Å². The standard InChI is InChI=1S/C16H30N2O2/c1-8-11(6)13-16(20)18(12(7)9(2)3)14(10(4)5)15(19)17-13/h9-14H,8H2,1-7H3,(H,17,19). The molecule has 1 heterocycles. The highest BCUT2D eigenvalue weighted by atomic mass is 16.2. The monoisotopic (exact) mass is 282 g/mol. The summed E-state index contributed by atoms with van der Waals surface area (Å²) in [6.45, 7) is 14.3. The number of rotatable bonds is 5. The average molecular weight is 282 g/mol. The van der Waals surface area contributed by atoms with Crippen LogP contribution in [0.3, 0.4) is 0 Å². The highest BCUT2D eigenvalue weighted by Crippen LogP contribution is 2.26. The molecule has 0 aromatic heterocycles. The number of hydrogen-bond acceptors (Lipinski definition) is 2. The van der Waals surface area contributed by atoms with Gasteiger partial charge in [-0.25, -0.2) is 0 Å². The Morgan fingerprint density at radius 2 is 1.65 bits per heavy atom. The summed E-state index contributed by atoms with van der Waals surface area (Å²) >= 11 is 0. The molecule has 4 nitrogen and oxygen atoms in total. The maximum Gasteiger partial charge on any atom is 0.246 e. The van der Waals surface area contributed by atoms with Crippen molar-refractivity contribution in [2.75, 3.05) is 0 Å². The SMILES string of the molecule is CCC(C)C1NC(=O)C(C(C)C)N(C(C)C(C)C)C1=O.